The first-order valence-corrected chi connectivity index (χ1v) is 13.6. The third-order valence-corrected chi connectivity index (χ3v) is 6.70. The van der Waals surface area contributed by atoms with Crippen LogP contribution in [-0.2, 0) is 15.9 Å². The van der Waals surface area contributed by atoms with Crippen LogP contribution in [0.25, 0.3) is 11.1 Å². The predicted octanol–water partition coefficient (Wildman–Crippen LogP) is 4.73. The number of anilines is 2. The van der Waals surface area contributed by atoms with Crippen molar-refractivity contribution >= 4 is 27.8 Å². The Balaban J connectivity index is 1.72. The molecule has 4 rings (SSSR count). The zero-order valence-electron chi connectivity index (χ0n) is 19.8. The Morgan fingerprint density at radius 1 is 1.17 bits per heavy atom. The molecular formula is C24H27F2N5O4S. The van der Waals surface area contributed by atoms with Crippen LogP contribution in [0.15, 0.2) is 47.0 Å². The summed E-state index contributed by atoms with van der Waals surface area (Å²) in [6, 6.07) is 8.15. The monoisotopic (exact) mass is 519 g/mol. The molecule has 0 unspecified atom stereocenters. The van der Waals surface area contributed by atoms with Crippen LogP contribution < -0.4 is 20.1 Å². The van der Waals surface area contributed by atoms with E-state index in [1.54, 1.807) is 19.1 Å². The fraction of sp³-hybridized carbons (Fsp3) is 0.292. The van der Waals surface area contributed by atoms with Gasteiger partial charge in [-0.25, -0.2) is 18.6 Å². The molecule has 3 N–H and O–H groups in total. The minimum atomic E-state index is -2.97. The number of aromatic nitrogens is 2. The first-order valence-electron chi connectivity index (χ1n) is 11.3. The van der Waals surface area contributed by atoms with Crippen LogP contribution >= 0.6 is 0 Å². The molecule has 2 aromatic heterocycles. The number of hydrogen-bond donors (Lipinski definition) is 4. The highest BCUT2D eigenvalue weighted by atomic mass is 32.3. The quantitative estimate of drug-likeness (QED) is 0.370. The normalized spacial score (nSPS) is 13.7. The van der Waals surface area contributed by atoms with E-state index in [1.807, 2.05) is 0 Å². The van der Waals surface area contributed by atoms with E-state index in [9.17, 15) is 18.1 Å². The number of carbonyl (C=O) groups is 1. The molecule has 1 aromatic carbocycles. The first kappa shape index (κ1) is 25.5. The number of rotatable bonds is 3. The molecule has 0 aliphatic carbocycles. The van der Waals surface area contributed by atoms with Gasteiger partial charge in [0.15, 0.2) is 0 Å². The van der Waals surface area contributed by atoms with Gasteiger partial charge < -0.3 is 24.7 Å². The Labute approximate surface area is 208 Å². The number of fused-ring (bicyclic) bond motifs is 6. The largest absolute Gasteiger partial charge is 0.493 e. The lowest BCUT2D eigenvalue weighted by molar-refractivity contribution is 0.242. The number of ether oxygens (including phenoxy) is 2. The molecule has 0 atom stereocenters. The Hall–Kier alpha value is -3.64. The number of carbonyl (C=O) groups excluding carboxylic acids is 1. The van der Waals surface area contributed by atoms with Crippen molar-refractivity contribution in [2.75, 3.05) is 31.3 Å². The van der Waals surface area contributed by atoms with E-state index in [2.05, 4.69) is 25.0 Å². The van der Waals surface area contributed by atoms with Crippen LogP contribution in [0.1, 0.15) is 18.9 Å². The second kappa shape index (κ2) is 11.0. The van der Waals surface area contributed by atoms with E-state index in [4.69, 9.17) is 9.47 Å². The summed E-state index contributed by atoms with van der Waals surface area (Å²) in [5.41, 5.74) is 1.20. The molecule has 0 fully saturated rings. The molecule has 36 heavy (non-hydrogen) atoms. The van der Waals surface area contributed by atoms with Gasteiger partial charge in [-0.3, -0.25) is 0 Å². The fourth-order valence-electron chi connectivity index (χ4n) is 3.65. The molecule has 4 bridgehead atoms. The molecule has 2 amide bonds. The molecule has 0 spiro atoms. The van der Waals surface area contributed by atoms with Crippen LogP contribution in [0.5, 0.6) is 11.6 Å². The minimum Gasteiger partial charge on any atom is -0.493 e. The number of halogens is 2. The zero-order chi connectivity index (χ0) is 25.7. The topological polar surface area (TPSA) is 118 Å². The van der Waals surface area contributed by atoms with Gasteiger partial charge in [-0.05, 0) is 43.0 Å². The summed E-state index contributed by atoms with van der Waals surface area (Å²) in [5, 5.41) is 5.58. The lowest BCUT2D eigenvalue weighted by Gasteiger charge is -2.19. The first-order chi connectivity index (χ1) is 17.2. The Morgan fingerprint density at radius 3 is 2.78 bits per heavy atom. The van der Waals surface area contributed by atoms with Gasteiger partial charge >= 0.3 is 6.03 Å². The maximum absolute atomic E-state index is 14.7. The summed E-state index contributed by atoms with van der Waals surface area (Å²) in [4.78, 5) is 20.4. The van der Waals surface area contributed by atoms with Crippen molar-refractivity contribution in [3.8, 4) is 22.8 Å². The Kier molecular flexibility index (Phi) is 7.75. The van der Waals surface area contributed by atoms with E-state index >= 15 is 0 Å². The molecule has 192 valence electrons. The number of thiol groups is 1. The molecule has 0 radical (unpaired) electrons. The third kappa shape index (κ3) is 6.52. The number of amides is 2. The molecule has 3 aromatic rings. The standard InChI is InChI=1S/C24H27F2N5O4S/c1-3-27-24(32)31-36(2,33)14-15-9-22-29-21-12-18(19(26)13-28-21)17-6-5-16(25)11-20(17)34-7-4-8-35-23(10-15)30-22/h5-6,9-13,36H,3-4,7-8,14H2,1-2H3,(H,28,29,30)(H2,27,31,32,33). The van der Waals surface area contributed by atoms with Crippen molar-refractivity contribution in [3.63, 3.8) is 0 Å². The average Bonchev–Trinajstić information content (AvgIpc) is 2.79. The molecule has 12 heteroatoms. The summed E-state index contributed by atoms with van der Waals surface area (Å²) in [6.07, 6.45) is 3.04. The molecule has 1 aliphatic heterocycles. The third-order valence-electron chi connectivity index (χ3n) is 5.12. The van der Waals surface area contributed by atoms with Crippen LogP contribution in [0.4, 0.5) is 25.2 Å². The molecular weight excluding hydrogens is 492 g/mol. The highest BCUT2D eigenvalue weighted by Crippen LogP contribution is 2.34. The van der Waals surface area contributed by atoms with Gasteiger partial charge in [0, 0.05) is 42.0 Å². The van der Waals surface area contributed by atoms with Crippen molar-refractivity contribution in [3.05, 3.63) is 59.8 Å². The minimum absolute atomic E-state index is 0.113. The average molecular weight is 520 g/mol. The lowest BCUT2D eigenvalue weighted by Crippen LogP contribution is -2.23. The SMILES string of the molecule is CCNC(=O)N=[SH](C)(O)Cc1cc2nc(c1)OCCCOc1cc(F)ccc1-c1cc(ncc1F)N2. The molecule has 1 aliphatic rings. The van der Waals surface area contributed by atoms with Crippen LogP contribution in [0, 0.1) is 11.6 Å². The highest BCUT2D eigenvalue weighted by molar-refractivity contribution is 7.98. The van der Waals surface area contributed by atoms with E-state index < -0.39 is 27.8 Å². The number of benzene rings is 1. The molecule has 0 saturated heterocycles. The Bertz CT molecular complexity index is 1330. The lowest BCUT2D eigenvalue weighted by atomic mass is 10.0. The van der Waals surface area contributed by atoms with E-state index in [-0.39, 0.29) is 42.0 Å². The maximum Gasteiger partial charge on any atom is 0.347 e. The van der Waals surface area contributed by atoms with Gasteiger partial charge in [0.05, 0.1) is 19.4 Å². The van der Waals surface area contributed by atoms with E-state index in [0.717, 1.165) is 6.20 Å². The summed E-state index contributed by atoms with van der Waals surface area (Å²) in [7, 11) is -2.97. The van der Waals surface area contributed by atoms with Gasteiger partial charge in [0.2, 0.25) is 5.88 Å². The van der Waals surface area contributed by atoms with Crippen molar-refractivity contribution in [2.45, 2.75) is 19.1 Å². The molecule has 0 saturated carbocycles. The van der Waals surface area contributed by atoms with Gasteiger partial charge in [0.1, 0.15) is 29.0 Å². The van der Waals surface area contributed by atoms with Crippen LogP contribution in [-0.4, -0.2) is 46.6 Å². The number of pyridine rings is 2. The molecule has 9 nitrogen and oxygen atoms in total. The van der Waals surface area contributed by atoms with E-state index in [1.165, 1.54) is 30.5 Å². The zero-order valence-corrected chi connectivity index (χ0v) is 20.7. The Morgan fingerprint density at radius 2 is 1.97 bits per heavy atom. The van der Waals surface area contributed by atoms with Crippen molar-refractivity contribution < 1.29 is 27.6 Å². The smallest absolute Gasteiger partial charge is 0.347 e. The van der Waals surface area contributed by atoms with Gasteiger partial charge in [-0.1, -0.05) is 10.1 Å². The second-order valence-corrected chi connectivity index (χ2v) is 10.9. The summed E-state index contributed by atoms with van der Waals surface area (Å²) in [5.74, 6) is 0.136. The van der Waals surface area contributed by atoms with Crippen molar-refractivity contribution in [1.29, 1.82) is 0 Å². The maximum atomic E-state index is 14.7. The van der Waals surface area contributed by atoms with E-state index in [0.29, 0.717) is 29.9 Å². The number of nitrogens with zero attached hydrogens (tertiary/aromatic N) is 3. The van der Waals surface area contributed by atoms with Gasteiger partial charge in [-0.15, -0.1) is 0 Å². The summed E-state index contributed by atoms with van der Waals surface area (Å²) >= 11 is 0. The van der Waals surface area contributed by atoms with Gasteiger partial charge in [-0.2, -0.15) is 9.35 Å². The summed E-state index contributed by atoms with van der Waals surface area (Å²) in [6.45, 7) is 2.61. The summed E-state index contributed by atoms with van der Waals surface area (Å²) < 4.78 is 54.8. The van der Waals surface area contributed by atoms with Crippen molar-refractivity contribution in [1.82, 2.24) is 15.3 Å². The highest BCUT2D eigenvalue weighted by Gasteiger charge is 2.16. The fourth-order valence-corrected chi connectivity index (χ4v) is 5.06. The van der Waals surface area contributed by atoms with Crippen molar-refractivity contribution in [2.24, 2.45) is 4.36 Å². The van der Waals surface area contributed by atoms with Gasteiger partial charge in [0.25, 0.3) is 0 Å². The predicted molar refractivity (Wildman–Crippen MR) is 135 cm³/mol. The number of nitrogens with one attached hydrogen (secondary N) is 2. The van der Waals surface area contributed by atoms with Crippen LogP contribution in [0.3, 0.4) is 0 Å². The number of hydrogen-bond acceptors (Lipinski definition) is 6. The second-order valence-electron chi connectivity index (χ2n) is 8.25. The van der Waals surface area contributed by atoms with Crippen LogP contribution in [0.2, 0.25) is 0 Å². The number of urea groups is 1. The molecule has 3 heterocycles.